The second-order valence-corrected chi connectivity index (χ2v) is 6.33. The van der Waals surface area contributed by atoms with E-state index in [9.17, 15) is 4.39 Å². The monoisotopic (exact) mass is 390 g/mol. The molecule has 0 aliphatic heterocycles. The van der Waals surface area contributed by atoms with Crippen LogP contribution >= 0.6 is 0 Å². The Balaban J connectivity index is 1.40. The van der Waals surface area contributed by atoms with Gasteiger partial charge in [-0.05, 0) is 42.0 Å². The summed E-state index contributed by atoms with van der Waals surface area (Å²) in [5.74, 6) is 1.08. The van der Waals surface area contributed by atoms with Crippen LogP contribution in [0.3, 0.4) is 0 Å². The highest BCUT2D eigenvalue weighted by atomic mass is 19.1. The molecule has 0 radical (unpaired) electrons. The van der Waals surface area contributed by atoms with Crippen molar-refractivity contribution in [2.24, 2.45) is 0 Å². The van der Waals surface area contributed by atoms with E-state index in [2.05, 4.69) is 20.4 Å². The molecule has 29 heavy (non-hydrogen) atoms. The lowest BCUT2D eigenvalue weighted by atomic mass is 10.0. The summed E-state index contributed by atoms with van der Waals surface area (Å²) in [4.78, 5) is 8.81. The number of ether oxygens (including phenoxy) is 1. The number of halogens is 1. The Kier molecular flexibility index (Phi) is 5.87. The fourth-order valence-corrected chi connectivity index (χ4v) is 2.87. The maximum absolute atomic E-state index is 12.9. The molecule has 0 aliphatic rings. The Morgan fingerprint density at radius 3 is 2.52 bits per heavy atom. The first-order valence-corrected chi connectivity index (χ1v) is 9.17. The van der Waals surface area contributed by atoms with Crippen molar-refractivity contribution in [2.75, 3.05) is 0 Å². The summed E-state index contributed by atoms with van der Waals surface area (Å²) in [5, 5.41) is 7.35. The molecule has 1 N–H and O–H groups in total. The molecular weight excluding hydrogens is 371 g/mol. The summed E-state index contributed by atoms with van der Waals surface area (Å²) < 4.78 is 23.8. The minimum Gasteiger partial charge on any atom is -0.485 e. The largest absolute Gasteiger partial charge is 0.485 e. The van der Waals surface area contributed by atoms with Crippen molar-refractivity contribution in [1.82, 2.24) is 20.4 Å². The highest BCUT2D eigenvalue weighted by Gasteiger charge is 2.16. The molecule has 0 aliphatic carbocycles. The number of pyridine rings is 1. The second-order valence-electron chi connectivity index (χ2n) is 6.33. The summed E-state index contributed by atoms with van der Waals surface area (Å²) >= 11 is 0. The van der Waals surface area contributed by atoms with Gasteiger partial charge in [0.1, 0.15) is 11.6 Å². The average Bonchev–Trinajstić information content (AvgIpc) is 3.23. The fraction of sp³-hybridized carbons (Fsp3) is 0.136. The first-order chi connectivity index (χ1) is 14.3. The molecule has 0 fully saturated rings. The van der Waals surface area contributed by atoms with Gasteiger partial charge in [-0.25, -0.2) is 4.39 Å². The maximum Gasteiger partial charge on any atom is 0.240 e. The van der Waals surface area contributed by atoms with E-state index in [-0.39, 0.29) is 18.5 Å². The van der Waals surface area contributed by atoms with Gasteiger partial charge in [-0.15, -0.1) is 0 Å². The van der Waals surface area contributed by atoms with Gasteiger partial charge in [0.15, 0.2) is 6.61 Å². The molecule has 2 aromatic carbocycles. The summed E-state index contributed by atoms with van der Waals surface area (Å²) in [6.07, 6.45) is 1.77. The van der Waals surface area contributed by atoms with Crippen molar-refractivity contribution >= 4 is 0 Å². The summed E-state index contributed by atoms with van der Waals surface area (Å²) in [6, 6.07) is 21.5. The number of hydrogen-bond donors (Lipinski definition) is 1. The summed E-state index contributed by atoms with van der Waals surface area (Å²) in [5.41, 5.74) is 1.99. The number of benzene rings is 2. The van der Waals surface area contributed by atoms with Gasteiger partial charge in [0.2, 0.25) is 11.7 Å². The summed E-state index contributed by atoms with van der Waals surface area (Å²) in [6.45, 7) is 0.511. The van der Waals surface area contributed by atoms with Gasteiger partial charge in [-0.2, -0.15) is 4.98 Å². The van der Waals surface area contributed by atoms with Crippen LogP contribution in [0, 0.1) is 5.82 Å². The van der Waals surface area contributed by atoms with Gasteiger partial charge in [0, 0.05) is 6.20 Å². The smallest absolute Gasteiger partial charge is 0.240 e. The number of hydrogen-bond acceptors (Lipinski definition) is 6. The van der Waals surface area contributed by atoms with Gasteiger partial charge < -0.3 is 9.26 Å². The zero-order valence-electron chi connectivity index (χ0n) is 15.5. The average molecular weight is 390 g/mol. The predicted molar refractivity (Wildman–Crippen MR) is 104 cm³/mol. The predicted octanol–water partition coefficient (Wildman–Crippen LogP) is 4.06. The van der Waals surface area contributed by atoms with Crippen molar-refractivity contribution in [1.29, 1.82) is 0 Å². The van der Waals surface area contributed by atoms with Gasteiger partial charge >= 0.3 is 0 Å². The lowest BCUT2D eigenvalue weighted by Gasteiger charge is -2.17. The van der Waals surface area contributed by atoms with Crippen molar-refractivity contribution in [3.8, 4) is 5.75 Å². The van der Waals surface area contributed by atoms with Crippen LogP contribution in [0.15, 0.2) is 83.5 Å². The first kappa shape index (κ1) is 18.8. The molecule has 0 amide bonds. The molecule has 4 rings (SSSR count). The number of rotatable bonds is 8. The van der Waals surface area contributed by atoms with E-state index in [1.54, 1.807) is 18.3 Å². The van der Waals surface area contributed by atoms with Crippen molar-refractivity contribution < 1.29 is 13.7 Å². The molecule has 0 saturated heterocycles. The van der Waals surface area contributed by atoms with Crippen LogP contribution in [0.25, 0.3) is 0 Å². The molecule has 4 aromatic rings. The molecule has 0 bridgehead atoms. The Labute approximate surface area is 167 Å². The highest BCUT2D eigenvalue weighted by Crippen LogP contribution is 2.20. The third-order valence-corrected chi connectivity index (χ3v) is 4.27. The van der Waals surface area contributed by atoms with E-state index in [4.69, 9.17) is 9.26 Å². The molecule has 1 atom stereocenters. The van der Waals surface area contributed by atoms with Gasteiger partial charge in [-0.1, -0.05) is 41.6 Å². The Morgan fingerprint density at radius 2 is 1.76 bits per heavy atom. The fourth-order valence-electron chi connectivity index (χ4n) is 2.87. The van der Waals surface area contributed by atoms with Crippen LogP contribution < -0.4 is 10.1 Å². The molecule has 0 spiro atoms. The van der Waals surface area contributed by atoms with Crippen molar-refractivity contribution in [3.05, 3.63) is 108 Å². The van der Waals surface area contributed by atoms with Gasteiger partial charge in [-0.3, -0.25) is 10.3 Å². The molecule has 7 heteroatoms. The molecule has 1 unspecified atom stereocenters. The van der Waals surface area contributed by atoms with Crippen LogP contribution in [0.5, 0.6) is 5.75 Å². The minimum absolute atomic E-state index is 0.108. The third-order valence-electron chi connectivity index (χ3n) is 4.27. The topological polar surface area (TPSA) is 73.1 Å². The number of aromatic nitrogens is 3. The first-order valence-electron chi connectivity index (χ1n) is 9.17. The quantitative estimate of drug-likeness (QED) is 0.489. The van der Waals surface area contributed by atoms with E-state index < -0.39 is 0 Å². The molecule has 146 valence electrons. The molecule has 0 saturated carbocycles. The van der Waals surface area contributed by atoms with Crippen LogP contribution in [-0.2, 0) is 13.2 Å². The van der Waals surface area contributed by atoms with E-state index in [1.807, 2.05) is 48.5 Å². The SMILES string of the molecule is Fc1ccc(OCc2noc(CNC(c3ccccc3)c3ccccn3)n2)cc1. The lowest BCUT2D eigenvalue weighted by molar-refractivity contribution is 0.284. The zero-order valence-corrected chi connectivity index (χ0v) is 15.5. The highest BCUT2D eigenvalue weighted by molar-refractivity contribution is 5.27. The third kappa shape index (κ3) is 5.03. The molecule has 2 heterocycles. The van der Waals surface area contributed by atoms with Crippen LogP contribution in [0.1, 0.15) is 29.0 Å². The number of nitrogens with zero attached hydrogens (tertiary/aromatic N) is 3. The zero-order chi connectivity index (χ0) is 19.9. The second kappa shape index (κ2) is 9.07. The Morgan fingerprint density at radius 1 is 0.966 bits per heavy atom. The normalized spacial score (nSPS) is 11.9. The van der Waals surface area contributed by atoms with E-state index in [1.165, 1.54) is 12.1 Å². The minimum atomic E-state index is -0.314. The Bertz CT molecular complexity index is 984. The van der Waals surface area contributed by atoms with Gasteiger partial charge in [0.25, 0.3) is 0 Å². The van der Waals surface area contributed by atoms with Crippen LogP contribution in [-0.4, -0.2) is 15.1 Å². The molecule has 6 nitrogen and oxygen atoms in total. The van der Waals surface area contributed by atoms with Crippen LogP contribution in [0.2, 0.25) is 0 Å². The van der Waals surface area contributed by atoms with E-state index >= 15 is 0 Å². The maximum atomic E-state index is 12.9. The Hall–Kier alpha value is -3.58. The van der Waals surface area contributed by atoms with Gasteiger partial charge in [0.05, 0.1) is 18.3 Å². The molecule has 2 aromatic heterocycles. The molecular formula is C22H19FN4O2. The van der Waals surface area contributed by atoms with Crippen LogP contribution in [0.4, 0.5) is 4.39 Å². The van der Waals surface area contributed by atoms with Crippen molar-refractivity contribution in [3.63, 3.8) is 0 Å². The van der Waals surface area contributed by atoms with E-state index in [0.29, 0.717) is 24.0 Å². The summed E-state index contributed by atoms with van der Waals surface area (Å²) in [7, 11) is 0. The lowest BCUT2D eigenvalue weighted by Crippen LogP contribution is -2.23. The van der Waals surface area contributed by atoms with Crippen molar-refractivity contribution in [2.45, 2.75) is 19.2 Å². The number of nitrogens with one attached hydrogen (secondary N) is 1. The van der Waals surface area contributed by atoms with E-state index in [0.717, 1.165) is 11.3 Å². The standard InChI is InChI=1S/C22H19FN4O2/c23-17-9-11-18(12-10-17)28-15-20-26-21(29-27-20)14-25-22(16-6-2-1-3-7-16)19-8-4-5-13-24-19/h1-13,22,25H,14-15H2.